The van der Waals surface area contributed by atoms with Gasteiger partial charge in [-0.05, 0) is 36.8 Å². The molecule has 0 atom stereocenters. The van der Waals surface area contributed by atoms with E-state index < -0.39 is 5.97 Å². The Hall–Kier alpha value is -2.90. The summed E-state index contributed by atoms with van der Waals surface area (Å²) in [6.45, 7) is 2.14. The number of benzene rings is 1. The van der Waals surface area contributed by atoms with E-state index in [4.69, 9.17) is 21.0 Å². The van der Waals surface area contributed by atoms with Gasteiger partial charge in [0.15, 0.2) is 0 Å². The summed E-state index contributed by atoms with van der Waals surface area (Å²) in [4.78, 5) is 31.5. The lowest BCUT2D eigenvalue weighted by Crippen LogP contribution is -2.23. The van der Waals surface area contributed by atoms with E-state index in [0.717, 1.165) is 11.3 Å². The number of carbonyl (C=O) groups is 1. The number of halogens is 1. The molecule has 0 N–H and O–H groups in total. The minimum absolute atomic E-state index is 0.0766. The van der Waals surface area contributed by atoms with Gasteiger partial charge >= 0.3 is 5.97 Å². The summed E-state index contributed by atoms with van der Waals surface area (Å²) in [7, 11) is 1.28. The molecular weight excluding hydrogens is 412 g/mol. The number of furan rings is 1. The lowest BCUT2D eigenvalue weighted by atomic mass is 10.2. The molecule has 0 bridgehead atoms. The van der Waals surface area contributed by atoms with Crippen LogP contribution in [0.3, 0.4) is 0 Å². The second kappa shape index (κ2) is 7.85. The average Bonchev–Trinajstić information content (AvgIpc) is 3.37. The van der Waals surface area contributed by atoms with Gasteiger partial charge in [-0.15, -0.1) is 11.3 Å². The van der Waals surface area contributed by atoms with E-state index in [9.17, 15) is 9.59 Å². The topological polar surface area (TPSA) is 74.3 Å². The Morgan fingerprint density at radius 1 is 1.28 bits per heavy atom. The Labute approximate surface area is 175 Å². The van der Waals surface area contributed by atoms with Gasteiger partial charge in [-0.25, -0.2) is 9.78 Å². The average molecular weight is 429 g/mol. The van der Waals surface area contributed by atoms with Crippen molar-refractivity contribution in [3.05, 3.63) is 74.2 Å². The maximum Gasteiger partial charge on any atom is 0.373 e. The van der Waals surface area contributed by atoms with Gasteiger partial charge in [0.25, 0.3) is 5.56 Å². The lowest BCUT2D eigenvalue weighted by molar-refractivity contribution is 0.0563. The van der Waals surface area contributed by atoms with Gasteiger partial charge in [-0.3, -0.25) is 9.36 Å². The van der Waals surface area contributed by atoms with Crippen LogP contribution in [0.15, 0.2) is 51.7 Å². The molecule has 0 aliphatic rings. The Morgan fingerprint density at radius 2 is 2.07 bits per heavy atom. The number of esters is 1. The predicted molar refractivity (Wildman–Crippen MR) is 113 cm³/mol. The summed E-state index contributed by atoms with van der Waals surface area (Å²) in [6.07, 6.45) is 0.822. The van der Waals surface area contributed by atoms with Crippen molar-refractivity contribution in [2.24, 2.45) is 0 Å². The molecule has 0 aliphatic heterocycles. The molecule has 8 heteroatoms. The van der Waals surface area contributed by atoms with Gasteiger partial charge in [0, 0.05) is 10.4 Å². The number of hydrogen-bond donors (Lipinski definition) is 0. The second-order valence-corrected chi connectivity index (χ2v) is 7.87. The zero-order chi connectivity index (χ0) is 20.5. The first-order chi connectivity index (χ1) is 14.0. The van der Waals surface area contributed by atoms with Crippen LogP contribution >= 0.6 is 22.9 Å². The van der Waals surface area contributed by atoms with Gasteiger partial charge < -0.3 is 9.15 Å². The van der Waals surface area contributed by atoms with E-state index in [1.54, 1.807) is 12.1 Å². The summed E-state index contributed by atoms with van der Waals surface area (Å²) >= 11 is 7.90. The van der Waals surface area contributed by atoms with E-state index in [1.807, 2.05) is 31.2 Å². The monoisotopic (exact) mass is 428 g/mol. The molecule has 0 spiro atoms. The van der Waals surface area contributed by atoms with Crippen LogP contribution in [0.5, 0.6) is 0 Å². The molecule has 6 nitrogen and oxygen atoms in total. The number of aryl methyl sites for hydroxylation is 1. The third-order valence-electron chi connectivity index (χ3n) is 4.53. The number of hydrogen-bond acceptors (Lipinski definition) is 6. The molecular formula is C21H17ClN2O4S. The Morgan fingerprint density at radius 3 is 2.79 bits per heavy atom. The summed E-state index contributed by atoms with van der Waals surface area (Å²) in [5.74, 6) is 0.392. The third-order valence-corrected chi connectivity index (χ3v) is 6.03. The molecule has 148 valence electrons. The normalized spacial score (nSPS) is 11.1. The minimum atomic E-state index is -0.575. The molecule has 29 heavy (non-hydrogen) atoms. The molecule has 0 radical (unpaired) electrons. The molecule has 4 aromatic rings. The molecule has 0 unspecified atom stereocenters. The highest BCUT2D eigenvalue weighted by molar-refractivity contribution is 7.18. The van der Waals surface area contributed by atoms with Gasteiger partial charge in [-0.1, -0.05) is 30.7 Å². The van der Waals surface area contributed by atoms with Crippen LogP contribution in [0.4, 0.5) is 0 Å². The number of fused-ring (bicyclic) bond motifs is 1. The van der Waals surface area contributed by atoms with Gasteiger partial charge in [0.2, 0.25) is 5.76 Å². The highest BCUT2D eigenvalue weighted by atomic mass is 35.5. The van der Waals surface area contributed by atoms with Crippen molar-refractivity contribution in [1.29, 1.82) is 0 Å². The van der Waals surface area contributed by atoms with E-state index in [-0.39, 0.29) is 17.9 Å². The molecule has 4 rings (SSSR count). The maximum atomic E-state index is 13.3. The van der Waals surface area contributed by atoms with E-state index in [2.05, 4.69) is 4.74 Å². The van der Waals surface area contributed by atoms with Crippen molar-refractivity contribution in [3.8, 4) is 11.4 Å². The fraction of sp³-hybridized carbons (Fsp3) is 0.190. The molecule has 0 fully saturated rings. The van der Waals surface area contributed by atoms with E-state index in [0.29, 0.717) is 32.4 Å². The smallest absolute Gasteiger partial charge is 0.373 e. The molecule has 0 saturated heterocycles. The van der Waals surface area contributed by atoms with Crippen molar-refractivity contribution in [1.82, 2.24) is 9.55 Å². The first-order valence-corrected chi connectivity index (χ1v) is 10.2. The third kappa shape index (κ3) is 3.59. The zero-order valence-corrected chi connectivity index (χ0v) is 17.3. The van der Waals surface area contributed by atoms with Crippen LogP contribution in [0, 0.1) is 0 Å². The number of rotatable bonds is 5. The van der Waals surface area contributed by atoms with Crippen LogP contribution in [0.25, 0.3) is 21.6 Å². The number of thiophene rings is 1. The van der Waals surface area contributed by atoms with E-state index >= 15 is 0 Å². The standard InChI is InChI=1S/C21H17ClN2O4S/c1-3-13-10-15-19(29-13)23-18(14-6-4-5-7-16(14)22)24(20(15)25)11-12-8-9-17(28-12)21(26)27-2/h4-10H,3,11H2,1-2H3. The van der Waals surface area contributed by atoms with Gasteiger partial charge in [0.1, 0.15) is 16.4 Å². The minimum Gasteiger partial charge on any atom is -0.463 e. The Balaban J connectivity index is 1.90. The van der Waals surface area contributed by atoms with Crippen LogP contribution < -0.4 is 5.56 Å². The zero-order valence-electron chi connectivity index (χ0n) is 15.8. The fourth-order valence-electron chi connectivity index (χ4n) is 3.06. The first-order valence-electron chi connectivity index (χ1n) is 8.97. The summed E-state index contributed by atoms with van der Waals surface area (Å²) < 4.78 is 11.8. The van der Waals surface area contributed by atoms with E-state index in [1.165, 1.54) is 29.1 Å². The second-order valence-electron chi connectivity index (χ2n) is 6.35. The molecule has 0 aliphatic carbocycles. The summed E-state index contributed by atoms with van der Waals surface area (Å²) in [5, 5.41) is 1.05. The Bertz CT molecular complexity index is 1270. The van der Waals surface area contributed by atoms with Crippen molar-refractivity contribution in [2.45, 2.75) is 19.9 Å². The fourth-order valence-corrected chi connectivity index (χ4v) is 4.24. The van der Waals surface area contributed by atoms with Crippen LogP contribution in [0.2, 0.25) is 5.02 Å². The first kappa shape index (κ1) is 19.4. The Kier molecular flexibility index (Phi) is 5.25. The quantitative estimate of drug-likeness (QED) is 0.428. The predicted octanol–water partition coefficient (Wildman–Crippen LogP) is 4.77. The highest BCUT2D eigenvalue weighted by Crippen LogP contribution is 2.30. The molecule has 0 amide bonds. The SMILES string of the molecule is CCc1cc2c(=O)n(Cc3ccc(C(=O)OC)o3)c(-c3ccccc3Cl)nc2s1. The molecule has 3 aromatic heterocycles. The maximum absolute atomic E-state index is 13.3. The van der Waals surface area contributed by atoms with Gasteiger partial charge in [-0.2, -0.15) is 0 Å². The summed E-state index contributed by atoms with van der Waals surface area (Å²) in [5.41, 5.74) is 0.469. The number of nitrogens with zero attached hydrogens (tertiary/aromatic N) is 2. The number of carbonyl (C=O) groups excluding carboxylic acids is 1. The van der Waals surface area contributed by atoms with Crippen LogP contribution in [0.1, 0.15) is 28.1 Å². The van der Waals surface area contributed by atoms with Crippen molar-refractivity contribution >= 4 is 39.1 Å². The van der Waals surface area contributed by atoms with Crippen molar-refractivity contribution < 1.29 is 13.9 Å². The van der Waals surface area contributed by atoms with Crippen LogP contribution in [-0.4, -0.2) is 22.6 Å². The number of ether oxygens (including phenoxy) is 1. The van der Waals surface area contributed by atoms with Crippen molar-refractivity contribution in [2.75, 3.05) is 7.11 Å². The number of methoxy groups -OCH3 is 1. The summed E-state index contributed by atoms with van der Waals surface area (Å²) in [6, 6.07) is 12.3. The largest absolute Gasteiger partial charge is 0.463 e. The molecule has 1 aromatic carbocycles. The van der Waals surface area contributed by atoms with Crippen LogP contribution in [-0.2, 0) is 17.7 Å². The van der Waals surface area contributed by atoms with Gasteiger partial charge in [0.05, 0.1) is 24.1 Å². The van der Waals surface area contributed by atoms with Crippen molar-refractivity contribution in [3.63, 3.8) is 0 Å². The molecule has 0 saturated carbocycles. The number of aromatic nitrogens is 2. The molecule has 3 heterocycles. The highest BCUT2D eigenvalue weighted by Gasteiger charge is 2.19. The lowest BCUT2D eigenvalue weighted by Gasteiger charge is -2.12.